The summed E-state index contributed by atoms with van der Waals surface area (Å²) in [6, 6.07) is 1.72. The van der Waals surface area contributed by atoms with Crippen LogP contribution in [0, 0.1) is 11.3 Å². The van der Waals surface area contributed by atoms with Gasteiger partial charge in [0.2, 0.25) is 0 Å². The number of carbonyl (C=O) groups is 2. The van der Waals surface area contributed by atoms with E-state index in [-0.39, 0.29) is 18.0 Å². The summed E-state index contributed by atoms with van der Waals surface area (Å²) in [5.74, 6) is -0.843. The lowest BCUT2D eigenvalue weighted by atomic mass is 10.3. The first-order valence-electron chi connectivity index (χ1n) is 5.08. The Labute approximate surface area is 108 Å². The first kappa shape index (κ1) is 13.9. The molecule has 0 amide bonds. The molecule has 0 saturated carbocycles. The van der Waals surface area contributed by atoms with Gasteiger partial charge in [-0.15, -0.1) is 11.3 Å². The Morgan fingerprint density at radius 2 is 2.39 bits per heavy atom. The Morgan fingerprint density at radius 3 is 2.89 bits per heavy atom. The van der Waals surface area contributed by atoms with Crippen molar-refractivity contribution >= 4 is 28.2 Å². The maximum Gasteiger partial charge on any atom is 0.350 e. The van der Waals surface area contributed by atoms with Crippen molar-refractivity contribution in [1.82, 2.24) is 4.98 Å². The summed E-state index contributed by atoms with van der Waals surface area (Å²) in [7, 11) is 0. The molecule has 0 spiro atoms. The van der Waals surface area contributed by atoms with Crippen molar-refractivity contribution in [2.75, 3.05) is 11.9 Å². The summed E-state index contributed by atoms with van der Waals surface area (Å²) in [6.07, 6.45) is 1.21. The van der Waals surface area contributed by atoms with Gasteiger partial charge in [-0.1, -0.05) is 0 Å². The molecular formula is C11H11N3O3S. The zero-order chi connectivity index (χ0) is 13.5. The second kappa shape index (κ2) is 6.51. The number of nitriles is 1. The van der Waals surface area contributed by atoms with E-state index in [2.05, 4.69) is 15.0 Å². The average molecular weight is 265 g/mol. The summed E-state index contributed by atoms with van der Waals surface area (Å²) < 4.78 is 4.69. The van der Waals surface area contributed by atoms with Crippen LogP contribution < -0.4 is 5.32 Å². The smallest absolute Gasteiger partial charge is 0.350 e. The Balaban J connectivity index is 2.74. The van der Waals surface area contributed by atoms with Gasteiger partial charge in [0.1, 0.15) is 11.8 Å². The first-order valence-corrected chi connectivity index (χ1v) is 5.96. The molecule has 0 saturated heterocycles. The molecule has 94 valence electrons. The van der Waals surface area contributed by atoms with E-state index in [1.807, 2.05) is 0 Å². The van der Waals surface area contributed by atoms with Crippen molar-refractivity contribution in [3.05, 3.63) is 22.8 Å². The number of nitrogens with zero attached hydrogens (tertiary/aromatic N) is 2. The largest absolute Gasteiger partial charge is 0.462 e. The molecule has 1 rings (SSSR count). The minimum Gasteiger partial charge on any atom is -0.462 e. The van der Waals surface area contributed by atoms with Gasteiger partial charge >= 0.3 is 5.97 Å². The van der Waals surface area contributed by atoms with E-state index in [4.69, 9.17) is 5.26 Å². The summed E-state index contributed by atoms with van der Waals surface area (Å²) in [6.45, 7) is 3.26. The van der Waals surface area contributed by atoms with Crippen LogP contribution in [0.3, 0.4) is 0 Å². The van der Waals surface area contributed by atoms with Crippen LogP contribution in [-0.4, -0.2) is 23.3 Å². The number of hydrogen-bond donors (Lipinski definition) is 1. The SMILES string of the molecule is CCOC(=O)/C(C#N)=C/Nc1nc(C(C)=O)cs1. The number of anilines is 1. The van der Waals surface area contributed by atoms with E-state index in [1.165, 1.54) is 24.5 Å². The lowest BCUT2D eigenvalue weighted by molar-refractivity contribution is -0.138. The van der Waals surface area contributed by atoms with Crippen LogP contribution >= 0.6 is 11.3 Å². The van der Waals surface area contributed by atoms with Gasteiger partial charge in [-0.3, -0.25) is 4.79 Å². The normalized spacial score (nSPS) is 10.6. The number of nitrogens with one attached hydrogen (secondary N) is 1. The Bertz CT molecular complexity index is 528. The second-order valence-electron chi connectivity index (χ2n) is 3.13. The highest BCUT2D eigenvalue weighted by molar-refractivity contribution is 7.13. The molecule has 1 aromatic rings. The molecule has 0 aliphatic carbocycles. The Hall–Kier alpha value is -2.20. The zero-order valence-corrected chi connectivity index (χ0v) is 10.7. The summed E-state index contributed by atoms with van der Waals surface area (Å²) in [5, 5.41) is 13.5. The molecule has 0 aliphatic heterocycles. The van der Waals surface area contributed by atoms with Crippen LogP contribution in [0.1, 0.15) is 24.3 Å². The van der Waals surface area contributed by atoms with Crippen molar-refractivity contribution in [2.45, 2.75) is 13.8 Å². The fraction of sp³-hybridized carbons (Fsp3) is 0.273. The lowest BCUT2D eigenvalue weighted by Gasteiger charge is -1.99. The molecule has 6 nitrogen and oxygen atoms in total. The van der Waals surface area contributed by atoms with Crippen molar-refractivity contribution in [1.29, 1.82) is 5.26 Å². The van der Waals surface area contributed by atoms with Gasteiger partial charge in [0.15, 0.2) is 16.5 Å². The molecule has 1 N–H and O–H groups in total. The average Bonchev–Trinajstić information content (AvgIpc) is 2.79. The number of thiazole rings is 1. The van der Waals surface area contributed by atoms with Crippen LogP contribution in [-0.2, 0) is 9.53 Å². The van der Waals surface area contributed by atoms with Crippen LogP contribution in [0.4, 0.5) is 5.13 Å². The van der Waals surface area contributed by atoms with E-state index in [0.717, 1.165) is 0 Å². The summed E-state index contributed by atoms with van der Waals surface area (Å²) in [4.78, 5) is 26.3. The quantitative estimate of drug-likeness (QED) is 0.377. The molecule has 0 aliphatic rings. The number of ether oxygens (including phenoxy) is 1. The van der Waals surface area contributed by atoms with Gasteiger partial charge in [0, 0.05) is 18.5 Å². The van der Waals surface area contributed by atoms with Crippen LogP contribution in [0.5, 0.6) is 0 Å². The Kier molecular flexibility index (Phi) is 5.02. The molecule has 0 atom stereocenters. The van der Waals surface area contributed by atoms with Gasteiger partial charge in [0.25, 0.3) is 0 Å². The van der Waals surface area contributed by atoms with Crippen molar-refractivity contribution in [3.63, 3.8) is 0 Å². The predicted octanol–water partition coefficient (Wildman–Crippen LogP) is 1.73. The molecule has 0 aromatic carbocycles. The third-order valence-electron chi connectivity index (χ3n) is 1.82. The number of hydrogen-bond acceptors (Lipinski definition) is 7. The highest BCUT2D eigenvalue weighted by Crippen LogP contribution is 2.16. The molecule has 0 bridgehead atoms. The van der Waals surface area contributed by atoms with Crippen molar-refractivity contribution < 1.29 is 14.3 Å². The fourth-order valence-corrected chi connectivity index (χ4v) is 1.70. The maximum absolute atomic E-state index is 11.3. The monoisotopic (exact) mass is 265 g/mol. The van der Waals surface area contributed by atoms with Crippen molar-refractivity contribution in [2.24, 2.45) is 0 Å². The number of carbonyl (C=O) groups excluding carboxylic acids is 2. The molecule has 1 aromatic heterocycles. The minimum atomic E-state index is -0.698. The maximum atomic E-state index is 11.3. The van der Waals surface area contributed by atoms with Gasteiger partial charge < -0.3 is 10.1 Å². The van der Waals surface area contributed by atoms with E-state index >= 15 is 0 Å². The predicted molar refractivity (Wildman–Crippen MR) is 66.1 cm³/mol. The second-order valence-corrected chi connectivity index (χ2v) is 3.99. The molecule has 1 heterocycles. The third kappa shape index (κ3) is 3.68. The van der Waals surface area contributed by atoms with Gasteiger partial charge in [-0.25, -0.2) is 9.78 Å². The number of ketones is 1. The molecule has 0 radical (unpaired) electrons. The van der Waals surface area contributed by atoms with Gasteiger partial charge in [0.05, 0.1) is 6.61 Å². The number of esters is 1. The fourth-order valence-electron chi connectivity index (χ4n) is 0.981. The van der Waals surface area contributed by atoms with E-state index in [1.54, 1.807) is 18.4 Å². The highest BCUT2D eigenvalue weighted by atomic mass is 32.1. The standard InChI is InChI=1S/C11H11N3O3S/c1-3-17-10(16)8(4-12)5-13-11-14-9(6-18-11)7(2)15/h5-6H,3H2,1-2H3,(H,13,14)/b8-5+. The molecule has 7 heteroatoms. The summed E-state index contributed by atoms with van der Waals surface area (Å²) in [5.41, 5.74) is 0.182. The van der Waals surface area contributed by atoms with Gasteiger partial charge in [-0.05, 0) is 6.92 Å². The number of aromatic nitrogens is 1. The molecule has 0 unspecified atom stereocenters. The van der Waals surface area contributed by atoms with Crippen LogP contribution in [0.2, 0.25) is 0 Å². The summed E-state index contributed by atoms with van der Waals surface area (Å²) >= 11 is 1.21. The zero-order valence-electron chi connectivity index (χ0n) is 9.89. The topological polar surface area (TPSA) is 92.1 Å². The van der Waals surface area contributed by atoms with E-state index < -0.39 is 5.97 Å². The molecule has 18 heavy (non-hydrogen) atoms. The lowest BCUT2D eigenvalue weighted by Crippen LogP contribution is -2.07. The number of rotatable bonds is 5. The molecular weight excluding hydrogens is 254 g/mol. The van der Waals surface area contributed by atoms with Gasteiger partial charge in [-0.2, -0.15) is 5.26 Å². The van der Waals surface area contributed by atoms with E-state index in [0.29, 0.717) is 10.8 Å². The Morgan fingerprint density at radius 1 is 1.67 bits per heavy atom. The third-order valence-corrected chi connectivity index (χ3v) is 2.59. The minimum absolute atomic E-state index is 0.144. The van der Waals surface area contributed by atoms with Crippen LogP contribution in [0.15, 0.2) is 17.2 Å². The number of Topliss-reactive ketones (excluding diaryl/α,β-unsaturated/α-hetero) is 1. The highest BCUT2D eigenvalue weighted by Gasteiger charge is 2.10. The van der Waals surface area contributed by atoms with Crippen LogP contribution in [0.25, 0.3) is 0 Å². The first-order chi connectivity index (χ1) is 8.58. The molecule has 0 fully saturated rings. The van der Waals surface area contributed by atoms with E-state index in [9.17, 15) is 9.59 Å². The van der Waals surface area contributed by atoms with Crippen molar-refractivity contribution in [3.8, 4) is 6.07 Å².